The maximum Gasteiger partial charge on any atom is 0.226 e. The molecule has 2 rings (SSSR count). The highest BCUT2D eigenvalue weighted by molar-refractivity contribution is 5.40. The zero-order chi connectivity index (χ0) is 12.8. The van der Waals surface area contributed by atoms with Gasteiger partial charge in [0.2, 0.25) is 5.95 Å². The summed E-state index contributed by atoms with van der Waals surface area (Å²) in [5, 5.41) is 6.70. The second-order valence-corrected chi connectivity index (χ2v) is 4.65. The third-order valence-corrected chi connectivity index (χ3v) is 2.99. The second-order valence-electron chi connectivity index (χ2n) is 4.65. The van der Waals surface area contributed by atoms with Gasteiger partial charge in [-0.05, 0) is 6.07 Å². The molecular weight excluding hydrogens is 228 g/mol. The Bertz CT molecular complexity index is 361. The van der Waals surface area contributed by atoms with Gasteiger partial charge >= 0.3 is 0 Å². The van der Waals surface area contributed by atoms with Gasteiger partial charge in [-0.15, -0.1) is 0 Å². The van der Waals surface area contributed by atoms with E-state index in [2.05, 4.69) is 25.5 Å². The number of hydrogen-bond donors (Lipinski definition) is 2. The lowest BCUT2D eigenvalue weighted by Gasteiger charge is -2.27. The zero-order valence-electron chi connectivity index (χ0n) is 11.2. The third kappa shape index (κ3) is 3.82. The third-order valence-electron chi connectivity index (χ3n) is 2.99. The van der Waals surface area contributed by atoms with Crippen molar-refractivity contribution in [2.24, 2.45) is 0 Å². The van der Waals surface area contributed by atoms with E-state index >= 15 is 0 Å². The van der Waals surface area contributed by atoms with Crippen molar-refractivity contribution in [2.75, 3.05) is 63.6 Å². The van der Waals surface area contributed by atoms with Gasteiger partial charge in [0.05, 0.1) is 0 Å². The van der Waals surface area contributed by atoms with Crippen molar-refractivity contribution in [3.8, 4) is 0 Å². The number of rotatable bonds is 5. The maximum atomic E-state index is 4.43. The molecule has 0 saturated carbocycles. The molecule has 1 aliphatic rings. The number of anilines is 2. The van der Waals surface area contributed by atoms with Crippen LogP contribution in [0.4, 0.5) is 11.8 Å². The maximum absolute atomic E-state index is 4.43. The molecule has 0 aliphatic carbocycles. The zero-order valence-corrected chi connectivity index (χ0v) is 11.2. The van der Waals surface area contributed by atoms with Crippen LogP contribution in [0.5, 0.6) is 0 Å². The summed E-state index contributed by atoms with van der Waals surface area (Å²) in [6.07, 6.45) is 1.79. The molecule has 1 fully saturated rings. The van der Waals surface area contributed by atoms with E-state index in [0.29, 0.717) is 0 Å². The summed E-state index contributed by atoms with van der Waals surface area (Å²) in [4.78, 5) is 13.0. The molecule has 1 aliphatic heterocycles. The Labute approximate surface area is 108 Å². The van der Waals surface area contributed by atoms with Gasteiger partial charge in [-0.1, -0.05) is 0 Å². The van der Waals surface area contributed by atoms with Crippen LogP contribution < -0.4 is 15.5 Å². The van der Waals surface area contributed by atoms with Gasteiger partial charge in [-0.3, -0.25) is 4.90 Å². The molecule has 2 N–H and O–H groups in total. The van der Waals surface area contributed by atoms with E-state index < -0.39 is 0 Å². The monoisotopic (exact) mass is 250 g/mol. The average Bonchev–Trinajstić information content (AvgIpc) is 2.40. The van der Waals surface area contributed by atoms with Crippen LogP contribution in [0.3, 0.4) is 0 Å². The Hall–Kier alpha value is -1.40. The van der Waals surface area contributed by atoms with Crippen LogP contribution in [0.25, 0.3) is 0 Å². The van der Waals surface area contributed by atoms with Gasteiger partial charge in [0.15, 0.2) is 0 Å². The number of nitrogens with one attached hydrogen (secondary N) is 2. The van der Waals surface area contributed by atoms with Crippen molar-refractivity contribution in [1.29, 1.82) is 0 Å². The van der Waals surface area contributed by atoms with E-state index in [4.69, 9.17) is 0 Å². The summed E-state index contributed by atoms with van der Waals surface area (Å²) in [6, 6.07) is 1.91. The highest BCUT2D eigenvalue weighted by atomic mass is 15.2. The summed E-state index contributed by atoms with van der Waals surface area (Å²) < 4.78 is 0. The van der Waals surface area contributed by atoms with Crippen molar-refractivity contribution in [2.45, 2.75) is 0 Å². The van der Waals surface area contributed by atoms with Crippen LogP contribution in [-0.2, 0) is 0 Å². The molecule has 0 bridgehead atoms. The smallest absolute Gasteiger partial charge is 0.226 e. The topological polar surface area (TPSA) is 56.3 Å². The molecule has 0 spiro atoms. The minimum atomic E-state index is 0.738. The van der Waals surface area contributed by atoms with Crippen LogP contribution >= 0.6 is 0 Å². The normalized spacial score (nSPS) is 16.6. The number of hydrogen-bond acceptors (Lipinski definition) is 6. The Morgan fingerprint density at radius 1 is 1.39 bits per heavy atom. The summed E-state index contributed by atoms with van der Waals surface area (Å²) in [5.74, 6) is 1.63. The van der Waals surface area contributed by atoms with E-state index in [1.807, 2.05) is 25.1 Å². The standard InChI is InChI=1S/C12H22N6/c1-17(2)12-15-4-3-11(16-12)14-7-10-18-8-5-13-6-9-18/h3-4,13H,5-10H2,1-2H3,(H,14,15,16). The molecule has 0 unspecified atom stereocenters. The summed E-state index contributed by atoms with van der Waals surface area (Å²) in [5.41, 5.74) is 0. The molecule has 6 nitrogen and oxygen atoms in total. The lowest BCUT2D eigenvalue weighted by Crippen LogP contribution is -2.45. The van der Waals surface area contributed by atoms with Crippen molar-refractivity contribution >= 4 is 11.8 Å². The van der Waals surface area contributed by atoms with E-state index in [0.717, 1.165) is 51.0 Å². The summed E-state index contributed by atoms with van der Waals surface area (Å²) in [6.45, 7) is 6.44. The van der Waals surface area contributed by atoms with Gasteiger partial charge in [0.25, 0.3) is 0 Å². The highest BCUT2D eigenvalue weighted by Crippen LogP contribution is 2.07. The van der Waals surface area contributed by atoms with Gasteiger partial charge in [0.1, 0.15) is 5.82 Å². The van der Waals surface area contributed by atoms with E-state index in [9.17, 15) is 0 Å². The first-order valence-electron chi connectivity index (χ1n) is 6.43. The molecule has 0 aromatic carbocycles. The van der Waals surface area contributed by atoms with E-state index in [1.165, 1.54) is 0 Å². The van der Waals surface area contributed by atoms with Crippen LogP contribution in [-0.4, -0.2) is 68.2 Å². The Balaban J connectivity index is 1.77. The van der Waals surface area contributed by atoms with Crippen LogP contribution in [0, 0.1) is 0 Å². The highest BCUT2D eigenvalue weighted by Gasteiger charge is 2.08. The quantitative estimate of drug-likeness (QED) is 0.758. The average molecular weight is 250 g/mol. The van der Waals surface area contributed by atoms with E-state index in [-0.39, 0.29) is 0 Å². The number of piperazine rings is 1. The fourth-order valence-electron chi connectivity index (χ4n) is 1.94. The fourth-order valence-corrected chi connectivity index (χ4v) is 1.94. The molecule has 2 heterocycles. The van der Waals surface area contributed by atoms with Crippen LogP contribution in [0.1, 0.15) is 0 Å². The molecular formula is C12H22N6. The molecule has 18 heavy (non-hydrogen) atoms. The van der Waals surface area contributed by atoms with Crippen molar-refractivity contribution in [3.63, 3.8) is 0 Å². The predicted octanol–water partition coefficient (Wildman–Crippen LogP) is -0.140. The first kappa shape index (κ1) is 13.0. The largest absolute Gasteiger partial charge is 0.369 e. The van der Waals surface area contributed by atoms with Gasteiger partial charge in [-0.2, -0.15) is 4.98 Å². The number of aromatic nitrogens is 2. The van der Waals surface area contributed by atoms with Gasteiger partial charge in [0, 0.05) is 59.6 Å². The first-order chi connectivity index (χ1) is 8.75. The van der Waals surface area contributed by atoms with Crippen molar-refractivity contribution in [1.82, 2.24) is 20.2 Å². The lowest BCUT2D eigenvalue weighted by atomic mass is 10.3. The Kier molecular flexibility index (Phi) is 4.72. The Morgan fingerprint density at radius 3 is 2.89 bits per heavy atom. The van der Waals surface area contributed by atoms with Gasteiger partial charge in [-0.25, -0.2) is 4.98 Å². The predicted molar refractivity (Wildman–Crippen MR) is 74.2 cm³/mol. The Morgan fingerprint density at radius 2 is 2.17 bits per heavy atom. The van der Waals surface area contributed by atoms with Crippen molar-refractivity contribution < 1.29 is 0 Å². The van der Waals surface area contributed by atoms with Crippen LogP contribution in [0.2, 0.25) is 0 Å². The molecule has 100 valence electrons. The lowest BCUT2D eigenvalue weighted by molar-refractivity contribution is 0.249. The molecule has 6 heteroatoms. The number of nitrogens with zero attached hydrogens (tertiary/aromatic N) is 4. The molecule has 1 saturated heterocycles. The summed E-state index contributed by atoms with van der Waals surface area (Å²) >= 11 is 0. The SMILES string of the molecule is CN(C)c1nccc(NCCN2CCNCC2)n1. The minimum absolute atomic E-state index is 0.738. The second kappa shape index (κ2) is 6.51. The first-order valence-corrected chi connectivity index (χ1v) is 6.43. The molecule has 0 radical (unpaired) electrons. The van der Waals surface area contributed by atoms with E-state index in [1.54, 1.807) is 6.20 Å². The molecule has 1 aromatic rings. The minimum Gasteiger partial charge on any atom is -0.369 e. The molecule has 1 aromatic heterocycles. The summed E-state index contributed by atoms with van der Waals surface area (Å²) in [7, 11) is 3.89. The van der Waals surface area contributed by atoms with Gasteiger partial charge < -0.3 is 15.5 Å². The van der Waals surface area contributed by atoms with Crippen LogP contribution in [0.15, 0.2) is 12.3 Å². The van der Waals surface area contributed by atoms with Crippen molar-refractivity contribution in [3.05, 3.63) is 12.3 Å². The molecule has 0 atom stereocenters. The fraction of sp³-hybridized carbons (Fsp3) is 0.667. The molecule has 0 amide bonds.